The molecule has 11 heteroatoms. The van der Waals surface area contributed by atoms with Gasteiger partial charge in [0.1, 0.15) is 5.75 Å². The van der Waals surface area contributed by atoms with Crippen molar-refractivity contribution in [2.45, 2.75) is 85.0 Å². The Morgan fingerprint density at radius 2 is 1.97 bits per heavy atom. The van der Waals surface area contributed by atoms with Crippen LogP contribution in [0.3, 0.4) is 0 Å². The lowest BCUT2D eigenvalue weighted by atomic mass is 9.78. The molecule has 4 atom stereocenters. The van der Waals surface area contributed by atoms with Gasteiger partial charge in [-0.25, -0.2) is 4.79 Å². The van der Waals surface area contributed by atoms with Gasteiger partial charge in [0.25, 0.3) is 0 Å². The molecule has 2 rings (SSSR count). The fourth-order valence-corrected chi connectivity index (χ4v) is 4.81. The maximum atomic E-state index is 13.5. The summed E-state index contributed by atoms with van der Waals surface area (Å²) in [4.78, 5) is 39.7. The van der Waals surface area contributed by atoms with Gasteiger partial charge in [0, 0.05) is 31.0 Å². The molecule has 0 aliphatic carbocycles. The molecular formula is C28H45N6O5-. The molecule has 0 radical (unpaired) electrons. The number of ether oxygens (including phenoxy) is 2. The Labute approximate surface area is 232 Å². The van der Waals surface area contributed by atoms with E-state index in [-0.39, 0.29) is 36.6 Å². The van der Waals surface area contributed by atoms with E-state index in [1.165, 1.54) is 7.11 Å². The number of nitrogens with two attached hydrogens (primary N) is 1. The SMILES string of the molecule is CCCCNC(=O)[C@@H](C[C@H](N)[C@H](CC(C)(C)CC(=O)N1C[C@H](NC(=O)OC)Oc2ccccc21)N=[N-])C(C)C. The van der Waals surface area contributed by atoms with Crippen molar-refractivity contribution in [1.29, 1.82) is 0 Å². The van der Waals surface area contributed by atoms with E-state index in [1.807, 2.05) is 33.8 Å². The smallest absolute Gasteiger partial charge is 0.409 e. The zero-order chi connectivity index (χ0) is 29.2. The third kappa shape index (κ3) is 9.49. The predicted octanol–water partition coefficient (Wildman–Crippen LogP) is 4.20. The Bertz CT molecular complexity index is 985. The van der Waals surface area contributed by atoms with Crippen LogP contribution in [0.15, 0.2) is 29.4 Å². The first-order chi connectivity index (χ1) is 18.4. The molecule has 39 heavy (non-hydrogen) atoms. The topological polar surface area (TPSA) is 158 Å². The standard InChI is InChI=1S/C28H45N6O5/c1-7-8-13-31-26(36)19(18(2)3)14-20(29)21(33-30)15-28(4,5)16-25(35)34-17-24(32-27(37)38-6)39-23-12-10-9-11-22(23)34/h9-12,18-21,24H,7-8,13-17,29H2,1-6H3,(H,31,36)(H,32,37)/q-1/t19-,20-,21-,24+/m0/s1. The fourth-order valence-electron chi connectivity index (χ4n) is 4.81. The largest absolute Gasteiger partial charge is 0.712 e. The number of unbranched alkanes of at least 4 members (excludes halogenated alkanes) is 1. The monoisotopic (exact) mass is 545 g/mol. The number of benzene rings is 1. The number of amides is 3. The third-order valence-electron chi connectivity index (χ3n) is 7.07. The van der Waals surface area contributed by atoms with Gasteiger partial charge < -0.3 is 36.1 Å². The summed E-state index contributed by atoms with van der Waals surface area (Å²) < 4.78 is 10.5. The van der Waals surface area contributed by atoms with E-state index >= 15 is 0 Å². The number of nitrogens with zero attached hydrogens (tertiary/aromatic N) is 3. The first-order valence-corrected chi connectivity index (χ1v) is 13.7. The van der Waals surface area contributed by atoms with Crippen molar-refractivity contribution in [3.63, 3.8) is 0 Å². The second kappa shape index (κ2) is 14.8. The van der Waals surface area contributed by atoms with Crippen molar-refractivity contribution in [3.8, 4) is 5.75 Å². The van der Waals surface area contributed by atoms with Crippen LogP contribution in [0, 0.1) is 17.3 Å². The molecule has 0 unspecified atom stereocenters. The van der Waals surface area contributed by atoms with E-state index in [9.17, 15) is 19.9 Å². The van der Waals surface area contributed by atoms with E-state index in [0.717, 1.165) is 12.8 Å². The molecule has 1 aromatic rings. The Kier molecular flexibility index (Phi) is 12.2. The van der Waals surface area contributed by atoms with E-state index in [0.29, 0.717) is 30.8 Å². The Morgan fingerprint density at radius 1 is 1.28 bits per heavy atom. The second-order valence-electron chi connectivity index (χ2n) is 11.3. The number of carbonyl (C=O) groups excluding carboxylic acids is 3. The maximum Gasteiger partial charge on any atom is 0.409 e. The van der Waals surface area contributed by atoms with Crippen molar-refractivity contribution in [1.82, 2.24) is 10.6 Å². The fraction of sp³-hybridized carbons (Fsp3) is 0.679. The molecule has 1 heterocycles. The maximum absolute atomic E-state index is 13.5. The van der Waals surface area contributed by atoms with Crippen LogP contribution in [-0.4, -0.2) is 56.4 Å². The quantitative estimate of drug-likeness (QED) is 0.235. The molecule has 0 spiro atoms. The van der Waals surface area contributed by atoms with Gasteiger partial charge in [0.15, 0.2) is 6.23 Å². The van der Waals surface area contributed by atoms with Crippen LogP contribution >= 0.6 is 0 Å². The average molecular weight is 546 g/mol. The van der Waals surface area contributed by atoms with E-state index < -0.39 is 29.8 Å². The van der Waals surface area contributed by atoms with E-state index in [2.05, 4.69) is 27.4 Å². The number of para-hydroxylation sites is 2. The van der Waals surface area contributed by atoms with Crippen LogP contribution in [-0.2, 0) is 14.3 Å². The summed E-state index contributed by atoms with van der Waals surface area (Å²) in [5, 5.41) is 9.14. The highest BCUT2D eigenvalue weighted by Gasteiger charge is 2.36. The van der Waals surface area contributed by atoms with Gasteiger partial charge in [-0.3, -0.25) is 14.9 Å². The molecule has 11 nitrogen and oxygen atoms in total. The number of rotatable bonds is 14. The number of hydrogen-bond donors (Lipinski definition) is 3. The summed E-state index contributed by atoms with van der Waals surface area (Å²) in [6, 6.07) is 5.90. The summed E-state index contributed by atoms with van der Waals surface area (Å²) in [6.45, 7) is 10.6. The minimum atomic E-state index is -0.774. The molecule has 4 N–H and O–H groups in total. The summed E-state index contributed by atoms with van der Waals surface area (Å²) in [7, 11) is 1.26. The van der Waals surface area contributed by atoms with Gasteiger partial charge in [-0.05, 0) is 42.7 Å². The Hall–Kier alpha value is -3.21. The first-order valence-electron chi connectivity index (χ1n) is 13.7. The van der Waals surface area contributed by atoms with Crippen molar-refractivity contribution in [2.75, 3.05) is 25.1 Å². The molecule has 0 fully saturated rings. The van der Waals surface area contributed by atoms with Crippen LogP contribution in [0.1, 0.15) is 66.7 Å². The molecule has 3 amide bonds. The van der Waals surface area contributed by atoms with Crippen LogP contribution in [0.2, 0.25) is 0 Å². The van der Waals surface area contributed by atoms with Crippen molar-refractivity contribution < 1.29 is 23.9 Å². The van der Waals surface area contributed by atoms with Gasteiger partial charge >= 0.3 is 6.09 Å². The Morgan fingerprint density at radius 3 is 2.59 bits per heavy atom. The summed E-state index contributed by atoms with van der Waals surface area (Å²) in [5.74, 6) is 0.0159. The van der Waals surface area contributed by atoms with Crippen molar-refractivity contribution >= 4 is 23.6 Å². The van der Waals surface area contributed by atoms with Gasteiger partial charge in [-0.15, -0.1) is 0 Å². The molecule has 0 saturated carbocycles. The first kappa shape index (κ1) is 32.0. The van der Waals surface area contributed by atoms with E-state index in [4.69, 9.17) is 10.5 Å². The molecule has 0 bridgehead atoms. The zero-order valence-corrected chi connectivity index (χ0v) is 24.1. The number of fused-ring (bicyclic) bond motifs is 1. The van der Waals surface area contributed by atoms with Crippen molar-refractivity contribution in [3.05, 3.63) is 29.8 Å². The molecule has 0 aromatic heterocycles. The predicted molar refractivity (Wildman–Crippen MR) is 150 cm³/mol. The van der Waals surface area contributed by atoms with Gasteiger partial charge in [-0.1, -0.05) is 53.2 Å². The molecule has 1 aromatic carbocycles. The van der Waals surface area contributed by atoms with E-state index in [1.54, 1.807) is 23.1 Å². The number of alkyl carbamates (subject to hydrolysis) is 1. The van der Waals surface area contributed by atoms with Crippen molar-refractivity contribution in [2.24, 2.45) is 28.1 Å². The Balaban J connectivity index is 2.10. The number of anilines is 1. The third-order valence-corrected chi connectivity index (χ3v) is 7.07. The zero-order valence-electron chi connectivity index (χ0n) is 24.1. The van der Waals surface area contributed by atoms with Crippen LogP contribution in [0.4, 0.5) is 10.5 Å². The molecule has 0 saturated heterocycles. The van der Waals surface area contributed by atoms with Gasteiger partial charge in [-0.2, -0.15) is 0 Å². The number of hydrogen-bond acceptors (Lipinski definition) is 7. The summed E-state index contributed by atoms with van der Waals surface area (Å²) >= 11 is 0. The number of carbonyl (C=O) groups is 3. The number of methoxy groups -OCH3 is 1. The average Bonchev–Trinajstić information content (AvgIpc) is 2.89. The summed E-state index contributed by atoms with van der Waals surface area (Å²) in [6.07, 6.45) is 1.31. The normalized spacial score (nSPS) is 17.3. The van der Waals surface area contributed by atoms with Gasteiger partial charge in [0.2, 0.25) is 11.8 Å². The van der Waals surface area contributed by atoms with Crippen LogP contribution in [0.25, 0.3) is 5.53 Å². The molecule has 1 aliphatic rings. The van der Waals surface area contributed by atoms with Crippen LogP contribution in [0.5, 0.6) is 5.75 Å². The van der Waals surface area contributed by atoms with Crippen LogP contribution < -0.4 is 26.0 Å². The minimum Gasteiger partial charge on any atom is -0.712 e. The minimum absolute atomic E-state index is 0.0406. The summed E-state index contributed by atoms with van der Waals surface area (Å²) in [5.41, 5.74) is 16.4. The highest BCUT2D eigenvalue weighted by atomic mass is 16.6. The second-order valence-corrected chi connectivity index (χ2v) is 11.3. The molecular weight excluding hydrogens is 500 g/mol. The molecule has 218 valence electrons. The lowest BCUT2D eigenvalue weighted by Crippen LogP contribution is -2.52. The highest BCUT2D eigenvalue weighted by Crippen LogP contribution is 2.36. The van der Waals surface area contributed by atoms with Gasteiger partial charge in [0.05, 0.1) is 19.3 Å². The lowest BCUT2D eigenvalue weighted by molar-refractivity contribution is -0.126. The lowest BCUT2D eigenvalue weighted by Gasteiger charge is -2.38. The molecule has 1 aliphatic heterocycles. The highest BCUT2D eigenvalue weighted by molar-refractivity contribution is 5.95. The number of nitrogens with one attached hydrogen (secondary N) is 2.